The topological polar surface area (TPSA) is 95.8 Å². The molecule has 0 bridgehead atoms. The summed E-state index contributed by atoms with van der Waals surface area (Å²) in [6.45, 7) is 0.217. The van der Waals surface area contributed by atoms with Crippen molar-refractivity contribution >= 4 is 18.0 Å². The van der Waals surface area contributed by atoms with Crippen LogP contribution in [0.5, 0.6) is 5.75 Å². The highest BCUT2D eigenvalue weighted by molar-refractivity contribution is 5.95. The summed E-state index contributed by atoms with van der Waals surface area (Å²) >= 11 is 0. The monoisotopic (exact) mass is 356 g/mol. The average Bonchev–Trinajstić information content (AvgIpc) is 3.07. The molecule has 3 N–H and O–H groups in total. The van der Waals surface area contributed by atoms with Crippen LogP contribution in [0, 0.1) is 11.2 Å². The number of alkyl halides is 2. The van der Waals surface area contributed by atoms with Crippen LogP contribution in [0.15, 0.2) is 41.0 Å². The SMILES string of the molecule is N=C/C(=C\C(=O)NCCOc1cccc(F)c1)C1NN=C(C(F)F)O1. The Balaban J connectivity index is 1.77. The van der Waals surface area contributed by atoms with Crippen molar-refractivity contribution in [3.8, 4) is 5.75 Å². The molecule has 1 aliphatic heterocycles. The fraction of sp³-hybridized carbons (Fsp3) is 0.267. The Hall–Kier alpha value is -3.04. The third-order valence-electron chi connectivity index (χ3n) is 2.95. The molecule has 0 spiro atoms. The zero-order chi connectivity index (χ0) is 18.2. The van der Waals surface area contributed by atoms with Crippen molar-refractivity contribution in [3.05, 3.63) is 41.7 Å². The summed E-state index contributed by atoms with van der Waals surface area (Å²) in [6, 6.07) is 5.55. The van der Waals surface area contributed by atoms with E-state index in [1.165, 1.54) is 18.2 Å². The van der Waals surface area contributed by atoms with Gasteiger partial charge in [0.25, 0.3) is 5.90 Å². The standard InChI is InChI=1S/C15H15F3N4O3/c16-10-2-1-3-11(7-10)24-5-4-20-12(23)6-9(8-19)14-21-22-15(25-14)13(17)18/h1-3,6-8,13-14,19,21H,4-5H2,(H,20,23)/b9-6+,19-8?. The molecule has 134 valence electrons. The second-order valence-corrected chi connectivity index (χ2v) is 4.76. The molecule has 0 fully saturated rings. The zero-order valence-corrected chi connectivity index (χ0v) is 12.8. The van der Waals surface area contributed by atoms with Gasteiger partial charge in [-0.3, -0.25) is 10.2 Å². The lowest BCUT2D eigenvalue weighted by molar-refractivity contribution is -0.116. The van der Waals surface area contributed by atoms with Gasteiger partial charge in [-0.15, -0.1) is 5.10 Å². The highest BCUT2D eigenvalue weighted by atomic mass is 19.3. The number of ether oxygens (including phenoxy) is 2. The first-order valence-electron chi connectivity index (χ1n) is 7.16. The van der Waals surface area contributed by atoms with Crippen molar-refractivity contribution in [2.24, 2.45) is 5.10 Å². The molecule has 2 rings (SSSR count). The third-order valence-corrected chi connectivity index (χ3v) is 2.95. The number of hydrazone groups is 1. The first-order chi connectivity index (χ1) is 12.0. The predicted octanol–water partition coefficient (Wildman–Crippen LogP) is 1.42. The number of nitrogens with zero attached hydrogens (tertiary/aromatic N) is 1. The summed E-state index contributed by atoms with van der Waals surface area (Å²) in [7, 11) is 0. The van der Waals surface area contributed by atoms with Gasteiger partial charge in [0.1, 0.15) is 18.2 Å². The lowest BCUT2D eigenvalue weighted by Crippen LogP contribution is -2.30. The molecule has 0 radical (unpaired) electrons. The van der Waals surface area contributed by atoms with Crippen molar-refractivity contribution in [3.63, 3.8) is 0 Å². The molecule has 1 aliphatic rings. The highest BCUT2D eigenvalue weighted by Crippen LogP contribution is 2.13. The second kappa shape index (κ2) is 8.71. The Labute approximate surface area is 141 Å². The van der Waals surface area contributed by atoms with Crippen molar-refractivity contribution in [2.75, 3.05) is 13.2 Å². The van der Waals surface area contributed by atoms with Crippen LogP contribution < -0.4 is 15.5 Å². The molecule has 10 heteroatoms. The molecular weight excluding hydrogens is 341 g/mol. The van der Waals surface area contributed by atoms with Gasteiger partial charge in [-0.1, -0.05) is 6.07 Å². The number of hydrogen-bond donors (Lipinski definition) is 3. The van der Waals surface area contributed by atoms with Gasteiger partial charge in [0.05, 0.1) is 6.54 Å². The molecule has 7 nitrogen and oxygen atoms in total. The minimum Gasteiger partial charge on any atom is -0.492 e. The minimum atomic E-state index is -2.89. The molecule has 1 heterocycles. The summed E-state index contributed by atoms with van der Waals surface area (Å²) in [5, 5.41) is 13.0. The lowest BCUT2D eigenvalue weighted by atomic mass is 10.2. The van der Waals surface area contributed by atoms with E-state index in [9.17, 15) is 18.0 Å². The number of carbonyl (C=O) groups excluding carboxylic acids is 1. The van der Waals surface area contributed by atoms with Crippen molar-refractivity contribution in [1.29, 1.82) is 5.41 Å². The van der Waals surface area contributed by atoms with E-state index >= 15 is 0 Å². The van der Waals surface area contributed by atoms with Gasteiger partial charge < -0.3 is 20.2 Å². The van der Waals surface area contributed by atoms with E-state index in [0.29, 0.717) is 5.75 Å². The van der Waals surface area contributed by atoms with E-state index in [1.807, 2.05) is 0 Å². The van der Waals surface area contributed by atoms with Crippen LogP contribution >= 0.6 is 0 Å². The van der Waals surface area contributed by atoms with Crippen molar-refractivity contribution in [2.45, 2.75) is 12.7 Å². The number of nitrogens with one attached hydrogen (secondary N) is 3. The Morgan fingerprint density at radius 2 is 2.32 bits per heavy atom. The van der Waals surface area contributed by atoms with E-state index in [1.54, 1.807) is 6.07 Å². The van der Waals surface area contributed by atoms with E-state index in [4.69, 9.17) is 14.9 Å². The van der Waals surface area contributed by atoms with Crippen LogP contribution in [0.2, 0.25) is 0 Å². The molecule has 0 saturated heterocycles. The normalized spacial score (nSPS) is 16.7. The summed E-state index contributed by atoms with van der Waals surface area (Å²) in [5.74, 6) is -1.49. The second-order valence-electron chi connectivity index (χ2n) is 4.76. The number of benzene rings is 1. The Morgan fingerprint density at radius 1 is 1.52 bits per heavy atom. The van der Waals surface area contributed by atoms with Crippen LogP contribution in [0.4, 0.5) is 13.2 Å². The number of hydrogen-bond acceptors (Lipinski definition) is 6. The van der Waals surface area contributed by atoms with Crippen LogP contribution in [0.1, 0.15) is 0 Å². The number of amides is 1. The van der Waals surface area contributed by atoms with Gasteiger partial charge in [-0.2, -0.15) is 8.78 Å². The maximum atomic E-state index is 13.0. The van der Waals surface area contributed by atoms with E-state index < -0.39 is 30.3 Å². The molecule has 0 aromatic heterocycles. The minimum absolute atomic E-state index is 0.0166. The smallest absolute Gasteiger partial charge is 0.314 e. The lowest BCUT2D eigenvalue weighted by Gasteiger charge is -2.11. The number of carbonyl (C=O) groups is 1. The summed E-state index contributed by atoms with van der Waals surface area (Å²) < 4.78 is 47.9. The van der Waals surface area contributed by atoms with Crippen molar-refractivity contribution < 1.29 is 27.4 Å². The first-order valence-corrected chi connectivity index (χ1v) is 7.16. The molecule has 1 aromatic rings. The van der Waals surface area contributed by atoms with E-state index in [0.717, 1.165) is 12.3 Å². The van der Waals surface area contributed by atoms with E-state index in [2.05, 4.69) is 15.8 Å². The number of rotatable bonds is 8. The Kier molecular flexibility index (Phi) is 6.38. The third kappa shape index (κ3) is 5.52. The summed E-state index contributed by atoms with van der Waals surface area (Å²) in [5.41, 5.74) is 2.28. The van der Waals surface area contributed by atoms with Gasteiger partial charge in [0.15, 0.2) is 0 Å². The largest absolute Gasteiger partial charge is 0.492 e. The molecule has 0 saturated carbocycles. The predicted molar refractivity (Wildman–Crippen MR) is 83.2 cm³/mol. The average molecular weight is 356 g/mol. The summed E-state index contributed by atoms with van der Waals surface area (Å²) in [6.07, 6.45) is -2.20. The molecule has 1 amide bonds. The summed E-state index contributed by atoms with van der Waals surface area (Å²) in [4.78, 5) is 11.8. The van der Waals surface area contributed by atoms with Crippen LogP contribution in [0.25, 0.3) is 0 Å². The number of halogens is 3. The van der Waals surface area contributed by atoms with Crippen LogP contribution in [-0.4, -0.2) is 43.8 Å². The van der Waals surface area contributed by atoms with Crippen molar-refractivity contribution in [1.82, 2.24) is 10.7 Å². The van der Waals surface area contributed by atoms with Gasteiger partial charge in [0, 0.05) is 23.9 Å². The maximum absolute atomic E-state index is 13.0. The first kappa shape index (κ1) is 18.3. The van der Waals surface area contributed by atoms with Gasteiger partial charge in [0.2, 0.25) is 12.1 Å². The molecule has 0 aliphatic carbocycles. The molecule has 25 heavy (non-hydrogen) atoms. The van der Waals surface area contributed by atoms with Gasteiger partial charge >= 0.3 is 6.43 Å². The van der Waals surface area contributed by atoms with Gasteiger partial charge in [-0.05, 0) is 12.1 Å². The quantitative estimate of drug-likeness (QED) is 0.373. The Bertz CT molecular complexity index is 694. The molecule has 1 atom stereocenters. The fourth-order valence-electron chi connectivity index (χ4n) is 1.83. The molecular formula is C15H15F3N4O3. The van der Waals surface area contributed by atoms with E-state index in [-0.39, 0.29) is 18.7 Å². The highest BCUT2D eigenvalue weighted by Gasteiger charge is 2.28. The van der Waals surface area contributed by atoms with Crippen LogP contribution in [-0.2, 0) is 9.53 Å². The maximum Gasteiger partial charge on any atom is 0.314 e. The zero-order valence-electron chi connectivity index (χ0n) is 12.8. The Morgan fingerprint density at radius 3 is 2.96 bits per heavy atom. The fourth-order valence-corrected chi connectivity index (χ4v) is 1.83. The van der Waals surface area contributed by atoms with Crippen LogP contribution in [0.3, 0.4) is 0 Å². The van der Waals surface area contributed by atoms with Gasteiger partial charge in [-0.25, -0.2) is 4.39 Å². The molecule has 1 aromatic carbocycles. The molecule has 1 unspecified atom stereocenters.